The summed E-state index contributed by atoms with van der Waals surface area (Å²) in [5.41, 5.74) is 5.74. The van der Waals surface area contributed by atoms with Gasteiger partial charge >= 0.3 is 0 Å². The second-order valence-corrected chi connectivity index (χ2v) is 3.02. The molecular weight excluding hydrogens is 277 g/mol. The molecule has 0 aromatic carbocycles. The SMILES string of the molecule is C#CC(C)N=C(N)N1CCCC1.I. The monoisotopic (exact) mass is 293 g/mol. The van der Waals surface area contributed by atoms with Crippen LogP contribution in [-0.4, -0.2) is 30.0 Å². The highest BCUT2D eigenvalue weighted by molar-refractivity contribution is 14.0. The number of aliphatic imine (C=N–C) groups is 1. The van der Waals surface area contributed by atoms with E-state index < -0.39 is 0 Å². The first kappa shape index (κ1) is 12.6. The molecule has 0 bridgehead atoms. The molecule has 1 aliphatic heterocycles. The Labute approximate surface area is 96.8 Å². The van der Waals surface area contributed by atoms with Gasteiger partial charge in [-0.2, -0.15) is 0 Å². The summed E-state index contributed by atoms with van der Waals surface area (Å²) in [5, 5.41) is 0. The molecular formula is C9H16IN3. The fourth-order valence-corrected chi connectivity index (χ4v) is 1.26. The molecule has 1 heterocycles. The minimum absolute atomic E-state index is 0. The van der Waals surface area contributed by atoms with Crippen molar-refractivity contribution in [1.29, 1.82) is 0 Å². The standard InChI is InChI=1S/C9H15N3.HI/c1-3-8(2)11-9(10)12-6-4-5-7-12;/h1,8H,4-7H2,2H3,(H2,10,11);1H. The molecule has 1 aliphatic rings. The van der Waals surface area contributed by atoms with E-state index in [9.17, 15) is 0 Å². The summed E-state index contributed by atoms with van der Waals surface area (Å²) in [6, 6.07) is -0.106. The van der Waals surface area contributed by atoms with Gasteiger partial charge in [0, 0.05) is 13.1 Å². The Morgan fingerprint density at radius 1 is 1.54 bits per heavy atom. The van der Waals surface area contributed by atoms with Crippen molar-refractivity contribution >= 4 is 29.9 Å². The fraction of sp³-hybridized carbons (Fsp3) is 0.667. The molecule has 1 unspecified atom stereocenters. The van der Waals surface area contributed by atoms with Crippen LogP contribution in [0.4, 0.5) is 0 Å². The van der Waals surface area contributed by atoms with Crippen molar-refractivity contribution in [1.82, 2.24) is 4.90 Å². The van der Waals surface area contributed by atoms with Gasteiger partial charge in [0.05, 0.1) is 0 Å². The van der Waals surface area contributed by atoms with E-state index in [1.165, 1.54) is 12.8 Å². The zero-order chi connectivity index (χ0) is 8.97. The lowest BCUT2D eigenvalue weighted by Gasteiger charge is -2.16. The number of rotatable bonds is 1. The van der Waals surface area contributed by atoms with E-state index in [2.05, 4.69) is 15.8 Å². The molecule has 1 saturated heterocycles. The van der Waals surface area contributed by atoms with Crippen molar-refractivity contribution in [2.75, 3.05) is 13.1 Å². The molecule has 1 fully saturated rings. The average Bonchev–Trinajstić information content (AvgIpc) is 2.56. The molecule has 2 N–H and O–H groups in total. The highest BCUT2D eigenvalue weighted by atomic mass is 127. The summed E-state index contributed by atoms with van der Waals surface area (Å²) in [6.45, 7) is 3.90. The van der Waals surface area contributed by atoms with Crippen molar-refractivity contribution in [3.8, 4) is 12.3 Å². The Kier molecular flexibility index (Phi) is 5.88. The topological polar surface area (TPSA) is 41.6 Å². The first-order chi connectivity index (χ1) is 5.74. The fourth-order valence-electron chi connectivity index (χ4n) is 1.26. The van der Waals surface area contributed by atoms with E-state index in [0.29, 0.717) is 5.96 Å². The normalized spacial score (nSPS) is 19.1. The minimum Gasteiger partial charge on any atom is -0.370 e. The van der Waals surface area contributed by atoms with Gasteiger partial charge in [-0.05, 0) is 19.8 Å². The molecule has 3 nitrogen and oxygen atoms in total. The van der Waals surface area contributed by atoms with Gasteiger partial charge in [-0.25, -0.2) is 4.99 Å². The summed E-state index contributed by atoms with van der Waals surface area (Å²) < 4.78 is 0. The third-order valence-electron chi connectivity index (χ3n) is 2.00. The largest absolute Gasteiger partial charge is 0.370 e. The van der Waals surface area contributed by atoms with Gasteiger partial charge < -0.3 is 10.6 Å². The number of nitrogens with zero attached hydrogens (tertiary/aromatic N) is 2. The molecule has 0 saturated carbocycles. The van der Waals surface area contributed by atoms with E-state index in [1.807, 2.05) is 6.92 Å². The first-order valence-electron chi connectivity index (χ1n) is 4.28. The van der Waals surface area contributed by atoms with Crippen molar-refractivity contribution in [3.63, 3.8) is 0 Å². The van der Waals surface area contributed by atoms with Crippen molar-refractivity contribution in [3.05, 3.63) is 0 Å². The lowest BCUT2D eigenvalue weighted by Crippen LogP contribution is -2.35. The van der Waals surface area contributed by atoms with Gasteiger partial charge in [-0.1, -0.05) is 5.92 Å². The number of halogens is 1. The molecule has 1 rings (SSSR count). The Bertz CT molecular complexity index is 213. The molecule has 0 radical (unpaired) electrons. The Morgan fingerprint density at radius 2 is 2.08 bits per heavy atom. The summed E-state index contributed by atoms with van der Waals surface area (Å²) >= 11 is 0. The molecule has 74 valence electrons. The smallest absolute Gasteiger partial charge is 0.192 e. The first-order valence-corrected chi connectivity index (χ1v) is 4.28. The van der Waals surface area contributed by atoms with E-state index in [0.717, 1.165) is 13.1 Å². The predicted molar refractivity (Wildman–Crippen MR) is 66.1 cm³/mol. The van der Waals surface area contributed by atoms with Crippen LogP contribution in [0.2, 0.25) is 0 Å². The zero-order valence-electron chi connectivity index (χ0n) is 7.86. The average molecular weight is 293 g/mol. The van der Waals surface area contributed by atoms with Crippen LogP contribution in [0, 0.1) is 12.3 Å². The van der Waals surface area contributed by atoms with Crippen LogP contribution in [0.15, 0.2) is 4.99 Å². The van der Waals surface area contributed by atoms with Crippen LogP contribution in [-0.2, 0) is 0 Å². The molecule has 4 heteroatoms. The Morgan fingerprint density at radius 3 is 2.54 bits per heavy atom. The highest BCUT2D eigenvalue weighted by Gasteiger charge is 2.13. The number of terminal acetylenes is 1. The summed E-state index contributed by atoms with van der Waals surface area (Å²) in [4.78, 5) is 6.24. The molecule has 0 aromatic heterocycles. The van der Waals surface area contributed by atoms with E-state index in [-0.39, 0.29) is 30.0 Å². The highest BCUT2D eigenvalue weighted by Crippen LogP contribution is 2.06. The van der Waals surface area contributed by atoms with E-state index in [1.54, 1.807) is 0 Å². The van der Waals surface area contributed by atoms with Gasteiger partial charge in [0.1, 0.15) is 6.04 Å². The lowest BCUT2D eigenvalue weighted by atomic mass is 10.4. The second-order valence-electron chi connectivity index (χ2n) is 3.02. The second kappa shape index (κ2) is 6.08. The van der Waals surface area contributed by atoms with Gasteiger partial charge in [-0.3, -0.25) is 0 Å². The summed E-state index contributed by atoms with van der Waals surface area (Å²) in [5.74, 6) is 3.12. The summed E-state index contributed by atoms with van der Waals surface area (Å²) in [6.07, 6.45) is 7.61. The maximum absolute atomic E-state index is 5.74. The predicted octanol–water partition coefficient (Wildman–Crippen LogP) is 1.04. The quantitative estimate of drug-likeness (QED) is 0.340. The van der Waals surface area contributed by atoms with Crippen LogP contribution >= 0.6 is 24.0 Å². The van der Waals surface area contributed by atoms with Gasteiger partial charge in [0.25, 0.3) is 0 Å². The van der Waals surface area contributed by atoms with Crippen molar-refractivity contribution in [2.45, 2.75) is 25.8 Å². The van der Waals surface area contributed by atoms with Crippen LogP contribution in [0.3, 0.4) is 0 Å². The molecule has 0 aliphatic carbocycles. The van der Waals surface area contributed by atoms with E-state index in [4.69, 9.17) is 12.2 Å². The number of nitrogens with two attached hydrogens (primary N) is 1. The third-order valence-corrected chi connectivity index (χ3v) is 2.00. The van der Waals surface area contributed by atoms with Crippen LogP contribution in [0.5, 0.6) is 0 Å². The van der Waals surface area contributed by atoms with Crippen molar-refractivity contribution < 1.29 is 0 Å². The molecule has 0 amide bonds. The molecule has 0 spiro atoms. The van der Waals surface area contributed by atoms with Gasteiger partial charge in [0.2, 0.25) is 0 Å². The number of hydrogen-bond donors (Lipinski definition) is 1. The maximum atomic E-state index is 5.74. The van der Waals surface area contributed by atoms with E-state index >= 15 is 0 Å². The van der Waals surface area contributed by atoms with Gasteiger partial charge in [0.15, 0.2) is 5.96 Å². The maximum Gasteiger partial charge on any atom is 0.192 e. The Hall–Kier alpha value is -0.440. The minimum atomic E-state index is -0.106. The van der Waals surface area contributed by atoms with Crippen LogP contribution in [0.1, 0.15) is 19.8 Å². The van der Waals surface area contributed by atoms with Crippen LogP contribution in [0.25, 0.3) is 0 Å². The zero-order valence-corrected chi connectivity index (χ0v) is 10.2. The van der Waals surface area contributed by atoms with Crippen LogP contribution < -0.4 is 5.73 Å². The molecule has 0 aromatic rings. The number of hydrogen-bond acceptors (Lipinski definition) is 1. The molecule has 1 atom stereocenters. The van der Waals surface area contributed by atoms with Crippen molar-refractivity contribution in [2.24, 2.45) is 10.7 Å². The molecule has 13 heavy (non-hydrogen) atoms. The Balaban J connectivity index is 0.00000144. The number of likely N-dealkylation sites (tertiary alicyclic amines) is 1. The van der Waals surface area contributed by atoms with Gasteiger partial charge in [-0.15, -0.1) is 30.4 Å². The summed E-state index contributed by atoms with van der Waals surface area (Å²) in [7, 11) is 0. The number of guanidine groups is 1. The third kappa shape index (κ3) is 3.85. The lowest BCUT2D eigenvalue weighted by molar-refractivity contribution is 0.509.